The number of anilines is 1. The molecule has 208 valence electrons. The minimum absolute atomic E-state index is 0.0192. The number of amides is 1. The maximum absolute atomic E-state index is 12.9. The molecule has 4 aromatic rings. The van der Waals surface area contributed by atoms with Gasteiger partial charge in [-0.25, -0.2) is 9.97 Å². The molecule has 0 saturated carbocycles. The minimum Gasteiger partial charge on any atom is -0.379 e. The van der Waals surface area contributed by atoms with Crippen molar-refractivity contribution in [1.29, 1.82) is 0 Å². The molecule has 0 radical (unpaired) electrons. The van der Waals surface area contributed by atoms with Gasteiger partial charge in [-0.2, -0.15) is 0 Å². The first-order valence-corrected chi connectivity index (χ1v) is 14.4. The maximum Gasteiger partial charge on any atom is 0.221 e. The summed E-state index contributed by atoms with van der Waals surface area (Å²) >= 11 is 12.9. The molecule has 1 N–H and O–H groups in total. The highest BCUT2D eigenvalue weighted by Crippen LogP contribution is 2.32. The van der Waals surface area contributed by atoms with Crippen molar-refractivity contribution in [2.45, 2.75) is 12.8 Å². The van der Waals surface area contributed by atoms with Gasteiger partial charge in [0, 0.05) is 61.7 Å². The quantitative estimate of drug-likeness (QED) is 0.254. The lowest BCUT2D eigenvalue weighted by Crippen LogP contribution is -2.41. The molecule has 2 heterocycles. The average molecular weight is 579 g/mol. The standard InChI is InChI=1S/C31H33Cl2N5O2/c32-24-10-11-26-28(22-24)35-30(25-8-4-5-9-27(25)33)36-31(26)38(15-12-23-6-2-1-3-7-23)16-13-29(39)34-14-17-37-18-20-40-21-19-37/h1-11,22H,12-21H2,(H,34,39). The Bertz CT molecular complexity index is 1430. The van der Waals surface area contributed by atoms with Gasteiger partial charge in [0.05, 0.1) is 23.8 Å². The normalized spacial score (nSPS) is 13.8. The van der Waals surface area contributed by atoms with Gasteiger partial charge in [0.2, 0.25) is 5.91 Å². The molecule has 40 heavy (non-hydrogen) atoms. The smallest absolute Gasteiger partial charge is 0.221 e. The van der Waals surface area contributed by atoms with Crippen LogP contribution in [0.5, 0.6) is 0 Å². The van der Waals surface area contributed by atoms with Crippen molar-refractivity contribution >= 4 is 45.8 Å². The fourth-order valence-electron chi connectivity index (χ4n) is 4.83. The third-order valence-corrected chi connectivity index (χ3v) is 7.59. The van der Waals surface area contributed by atoms with Gasteiger partial charge in [0.1, 0.15) is 5.82 Å². The lowest BCUT2D eigenvalue weighted by molar-refractivity contribution is -0.121. The Kier molecular flexibility index (Phi) is 9.84. The Morgan fingerprint density at radius 2 is 1.73 bits per heavy atom. The molecule has 7 nitrogen and oxygen atoms in total. The summed E-state index contributed by atoms with van der Waals surface area (Å²) in [7, 11) is 0. The van der Waals surface area contributed by atoms with Crippen molar-refractivity contribution in [3.63, 3.8) is 0 Å². The van der Waals surface area contributed by atoms with Gasteiger partial charge >= 0.3 is 0 Å². The van der Waals surface area contributed by atoms with Crippen LogP contribution in [0.1, 0.15) is 12.0 Å². The number of hydrogen-bond donors (Lipinski definition) is 1. The molecule has 0 atom stereocenters. The summed E-state index contributed by atoms with van der Waals surface area (Å²) in [5.74, 6) is 1.30. The first kappa shape index (κ1) is 28.3. The monoisotopic (exact) mass is 577 g/mol. The van der Waals surface area contributed by atoms with E-state index in [2.05, 4.69) is 27.2 Å². The number of nitrogens with one attached hydrogen (secondary N) is 1. The van der Waals surface area contributed by atoms with Crippen LogP contribution < -0.4 is 10.2 Å². The first-order chi connectivity index (χ1) is 19.6. The van der Waals surface area contributed by atoms with Gasteiger partial charge in [-0.15, -0.1) is 0 Å². The second kappa shape index (κ2) is 13.9. The van der Waals surface area contributed by atoms with Crippen LogP contribution in [-0.4, -0.2) is 73.3 Å². The van der Waals surface area contributed by atoms with Gasteiger partial charge in [-0.05, 0) is 42.3 Å². The van der Waals surface area contributed by atoms with E-state index in [0.717, 1.165) is 61.6 Å². The zero-order valence-electron chi connectivity index (χ0n) is 22.4. The molecule has 1 fully saturated rings. The molecular formula is C31H33Cl2N5O2. The van der Waals surface area contributed by atoms with Crippen molar-refractivity contribution in [3.8, 4) is 11.4 Å². The average Bonchev–Trinajstić information content (AvgIpc) is 2.98. The van der Waals surface area contributed by atoms with E-state index in [4.69, 9.17) is 37.9 Å². The number of nitrogens with zero attached hydrogens (tertiary/aromatic N) is 4. The first-order valence-electron chi connectivity index (χ1n) is 13.6. The molecule has 0 aliphatic carbocycles. The van der Waals surface area contributed by atoms with Gasteiger partial charge in [-0.3, -0.25) is 9.69 Å². The fraction of sp³-hybridized carbons (Fsp3) is 0.323. The third kappa shape index (κ3) is 7.49. The number of ether oxygens (including phenoxy) is 1. The molecule has 5 rings (SSSR count). The highest BCUT2D eigenvalue weighted by Gasteiger charge is 2.19. The molecule has 1 aromatic heterocycles. The molecule has 1 aliphatic rings. The van der Waals surface area contributed by atoms with Crippen molar-refractivity contribution in [1.82, 2.24) is 20.2 Å². The van der Waals surface area contributed by atoms with Crippen LogP contribution in [0.4, 0.5) is 5.82 Å². The molecule has 1 saturated heterocycles. The molecule has 1 aliphatic heterocycles. The molecular weight excluding hydrogens is 545 g/mol. The minimum atomic E-state index is 0.0192. The summed E-state index contributed by atoms with van der Waals surface area (Å²) in [6.07, 6.45) is 1.15. The second-order valence-electron chi connectivity index (χ2n) is 9.79. The van der Waals surface area contributed by atoms with Gasteiger partial charge < -0.3 is 15.0 Å². The number of aromatic nitrogens is 2. The summed E-state index contributed by atoms with van der Waals surface area (Å²) in [6, 6.07) is 23.5. The molecule has 3 aromatic carbocycles. The largest absolute Gasteiger partial charge is 0.379 e. The summed E-state index contributed by atoms with van der Waals surface area (Å²) < 4.78 is 5.41. The summed E-state index contributed by atoms with van der Waals surface area (Å²) in [5, 5.41) is 5.13. The summed E-state index contributed by atoms with van der Waals surface area (Å²) in [6.45, 7) is 5.94. The lowest BCUT2D eigenvalue weighted by Gasteiger charge is -2.27. The number of halogens is 2. The second-order valence-corrected chi connectivity index (χ2v) is 10.6. The van der Waals surface area contributed by atoms with Crippen LogP contribution >= 0.6 is 23.2 Å². The number of rotatable bonds is 11. The van der Waals surface area contributed by atoms with Crippen LogP contribution in [0.15, 0.2) is 72.8 Å². The fourth-order valence-corrected chi connectivity index (χ4v) is 5.21. The lowest BCUT2D eigenvalue weighted by atomic mass is 10.1. The van der Waals surface area contributed by atoms with Crippen LogP contribution in [0.25, 0.3) is 22.3 Å². The van der Waals surface area contributed by atoms with E-state index in [1.54, 1.807) is 0 Å². The number of hydrogen-bond acceptors (Lipinski definition) is 6. The van der Waals surface area contributed by atoms with Gasteiger partial charge in [-0.1, -0.05) is 65.7 Å². The van der Waals surface area contributed by atoms with E-state index in [-0.39, 0.29) is 5.91 Å². The molecule has 9 heteroatoms. The Labute approximate surface area is 245 Å². The zero-order valence-corrected chi connectivity index (χ0v) is 23.9. The van der Waals surface area contributed by atoms with E-state index in [1.807, 2.05) is 60.7 Å². The van der Waals surface area contributed by atoms with Crippen molar-refractivity contribution in [3.05, 3.63) is 88.4 Å². The maximum atomic E-state index is 12.9. The van der Waals surface area contributed by atoms with E-state index >= 15 is 0 Å². The predicted molar refractivity (Wildman–Crippen MR) is 162 cm³/mol. The van der Waals surface area contributed by atoms with Gasteiger partial charge in [0.15, 0.2) is 5.82 Å². The molecule has 0 bridgehead atoms. The van der Waals surface area contributed by atoms with Crippen LogP contribution in [0.2, 0.25) is 10.0 Å². The Morgan fingerprint density at radius 1 is 0.950 bits per heavy atom. The Hall–Kier alpha value is -3.23. The number of carbonyl (C=O) groups excluding carboxylic acids is 1. The Balaban J connectivity index is 1.39. The van der Waals surface area contributed by atoms with Crippen molar-refractivity contribution < 1.29 is 9.53 Å². The Morgan fingerprint density at radius 3 is 2.52 bits per heavy atom. The number of morpholine rings is 1. The number of benzene rings is 3. The highest BCUT2D eigenvalue weighted by molar-refractivity contribution is 6.33. The van der Waals surface area contributed by atoms with Crippen LogP contribution in [-0.2, 0) is 16.0 Å². The number of fused-ring (bicyclic) bond motifs is 1. The summed E-state index contributed by atoms with van der Waals surface area (Å²) in [4.78, 5) is 27.2. The van der Waals surface area contributed by atoms with E-state index in [0.29, 0.717) is 41.9 Å². The van der Waals surface area contributed by atoms with Crippen molar-refractivity contribution in [2.75, 3.05) is 57.4 Å². The van der Waals surface area contributed by atoms with E-state index in [9.17, 15) is 4.79 Å². The number of carbonyl (C=O) groups is 1. The molecule has 0 unspecified atom stereocenters. The zero-order chi connectivity index (χ0) is 27.7. The van der Waals surface area contributed by atoms with Crippen LogP contribution in [0, 0.1) is 0 Å². The predicted octanol–water partition coefficient (Wildman–Crippen LogP) is 5.49. The van der Waals surface area contributed by atoms with Crippen LogP contribution in [0.3, 0.4) is 0 Å². The van der Waals surface area contributed by atoms with E-state index in [1.165, 1.54) is 5.56 Å². The molecule has 1 amide bonds. The third-order valence-electron chi connectivity index (χ3n) is 7.03. The van der Waals surface area contributed by atoms with E-state index < -0.39 is 0 Å². The molecule has 0 spiro atoms. The SMILES string of the molecule is O=C(CCN(CCc1ccccc1)c1nc(-c2ccccc2Cl)nc2cc(Cl)ccc12)NCCN1CCOCC1. The topological polar surface area (TPSA) is 70.6 Å². The van der Waals surface area contributed by atoms with Crippen molar-refractivity contribution in [2.24, 2.45) is 0 Å². The van der Waals surface area contributed by atoms with Gasteiger partial charge in [0.25, 0.3) is 0 Å². The summed E-state index contributed by atoms with van der Waals surface area (Å²) in [5.41, 5.74) is 2.69. The highest BCUT2D eigenvalue weighted by atomic mass is 35.5.